The number of rotatable bonds is 2. The van der Waals surface area contributed by atoms with E-state index in [0.29, 0.717) is 5.69 Å². The van der Waals surface area contributed by atoms with Crippen molar-refractivity contribution in [2.75, 3.05) is 0 Å². The van der Waals surface area contributed by atoms with Gasteiger partial charge in [-0.2, -0.15) is 18.2 Å². The van der Waals surface area contributed by atoms with E-state index in [1.54, 1.807) is 6.20 Å². The van der Waals surface area contributed by atoms with Crippen molar-refractivity contribution in [3.8, 4) is 0 Å². The molecule has 19 heavy (non-hydrogen) atoms. The number of aliphatic hydroxyl groups is 1. The Morgan fingerprint density at radius 2 is 1.74 bits per heavy atom. The predicted molar refractivity (Wildman–Crippen MR) is 72.4 cm³/mol. The fraction of sp³-hybridized carbons (Fsp3) is 0.0625. The largest absolute Gasteiger partial charge is 0.747 e. The standard InChI is InChI=1S/C11H10NO.C5H5.Fe/c13-11(9-5-1-2-6-9)10-7-3-4-8-12-10;1-2-4-5-3-1;/h1-8,11,13H;1-5H;/q-5;-1;. The van der Waals surface area contributed by atoms with Crippen molar-refractivity contribution in [3.05, 3.63) is 90.3 Å². The second-order valence-electron chi connectivity index (χ2n) is 3.84. The van der Waals surface area contributed by atoms with E-state index in [0.717, 1.165) is 5.56 Å². The third-order valence-corrected chi connectivity index (χ3v) is 2.53. The third kappa shape index (κ3) is 4.84. The molecule has 1 N–H and O–H groups in total. The normalized spacial score (nSPS) is 10.8. The van der Waals surface area contributed by atoms with E-state index in [4.69, 9.17) is 0 Å². The quantitative estimate of drug-likeness (QED) is 0.581. The van der Waals surface area contributed by atoms with E-state index in [1.807, 2.05) is 72.8 Å². The van der Waals surface area contributed by atoms with Crippen molar-refractivity contribution in [3.63, 3.8) is 0 Å². The molecule has 2 aromatic carbocycles. The first-order valence-corrected chi connectivity index (χ1v) is 5.85. The minimum Gasteiger partial charge on any atom is -0.747 e. The molecule has 0 spiro atoms. The average Bonchev–Trinajstić information content (AvgIpc) is 3.14. The summed E-state index contributed by atoms with van der Waals surface area (Å²) in [6.07, 6.45) is 1.08. The Bertz CT molecular complexity index is 500. The summed E-state index contributed by atoms with van der Waals surface area (Å²) in [5, 5.41) is 9.82. The van der Waals surface area contributed by atoms with Gasteiger partial charge in [0.1, 0.15) is 0 Å². The Balaban J connectivity index is 0.000000256. The van der Waals surface area contributed by atoms with Gasteiger partial charge in [0, 0.05) is 29.0 Å². The second kappa shape index (κ2) is 8.43. The van der Waals surface area contributed by atoms with Crippen molar-refractivity contribution >= 4 is 0 Å². The molecule has 3 heteroatoms. The average molecular weight is 293 g/mol. The van der Waals surface area contributed by atoms with E-state index < -0.39 is 6.10 Å². The van der Waals surface area contributed by atoms with Gasteiger partial charge in [0.15, 0.2) is 0 Å². The van der Waals surface area contributed by atoms with E-state index in [2.05, 4.69) is 4.98 Å². The molecule has 1 unspecified atom stereocenters. The molecule has 0 saturated heterocycles. The zero-order valence-electron chi connectivity index (χ0n) is 10.3. The van der Waals surface area contributed by atoms with Crippen LogP contribution in [0.15, 0.2) is 79.0 Å². The second-order valence-corrected chi connectivity index (χ2v) is 3.84. The van der Waals surface area contributed by atoms with Gasteiger partial charge in [0.05, 0.1) is 0 Å². The summed E-state index contributed by atoms with van der Waals surface area (Å²) in [7, 11) is 0. The van der Waals surface area contributed by atoms with Gasteiger partial charge in [0.25, 0.3) is 0 Å². The zero-order chi connectivity index (χ0) is 12.6. The van der Waals surface area contributed by atoms with Crippen molar-refractivity contribution in [1.82, 2.24) is 4.98 Å². The van der Waals surface area contributed by atoms with Crippen molar-refractivity contribution < 1.29 is 22.2 Å². The van der Waals surface area contributed by atoms with Crippen molar-refractivity contribution in [2.24, 2.45) is 0 Å². The maximum atomic E-state index is 9.82. The number of aliphatic hydroxyl groups excluding tert-OH is 1. The minimum absolute atomic E-state index is 0. The van der Waals surface area contributed by atoms with Crippen LogP contribution in [0.25, 0.3) is 0 Å². The number of hydrogen-bond acceptors (Lipinski definition) is 2. The van der Waals surface area contributed by atoms with Crippen LogP contribution in [0.4, 0.5) is 0 Å². The van der Waals surface area contributed by atoms with Gasteiger partial charge in [0.2, 0.25) is 0 Å². The number of hydrogen-bond donors (Lipinski definition) is 1. The molecule has 0 aliphatic heterocycles. The Morgan fingerprint density at radius 3 is 2.21 bits per heavy atom. The van der Waals surface area contributed by atoms with Crippen LogP contribution >= 0.6 is 0 Å². The SMILES string of the molecule is OC(c1ccccn1)[c-]1[cH-][cH-][cH-][cH-]1.[Fe].c1cc[cH-]c1. The molecule has 0 fully saturated rings. The van der Waals surface area contributed by atoms with Gasteiger partial charge in [-0.1, -0.05) is 12.2 Å². The number of pyridine rings is 1. The first-order chi connectivity index (χ1) is 8.88. The molecular formula is C16H15FeNO-6. The van der Waals surface area contributed by atoms with Crippen LogP contribution in [-0.2, 0) is 17.1 Å². The molecule has 3 rings (SSSR count). The first-order valence-electron chi connectivity index (χ1n) is 5.85. The molecule has 0 aliphatic carbocycles. The minimum atomic E-state index is -0.601. The molecule has 3 aromatic rings. The molecule has 0 radical (unpaired) electrons. The number of nitrogens with zero attached hydrogens (tertiary/aromatic N) is 1. The summed E-state index contributed by atoms with van der Waals surface area (Å²) < 4.78 is 0. The van der Waals surface area contributed by atoms with Gasteiger partial charge in [-0.15, -0.1) is 0 Å². The smallest absolute Gasteiger partial charge is 0.0366 e. The molecule has 0 bridgehead atoms. The first kappa shape index (κ1) is 15.4. The fourth-order valence-corrected chi connectivity index (χ4v) is 1.60. The maximum absolute atomic E-state index is 9.82. The van der Waals surface area contributed by atoms with E-state index >= 15 is 0 Å². The Hall–Kier alpha value is -1.67. The molecule has 1 aromatic heterocycles. The van der Waals surface area contributed by atoms with E-state index in [1.165, 1.54) is 0 Å². The zero-order valence-corrected chi connectivity index (χ0v) is 11.4. The van der Waals surface area contributed by atoms with Gasteiger partial charge < -0.3 is 34.9 Å². The Labute approximate surface area is 124 Å². The van der Waals surface area contributed by atoms with Gasteiger partial charge >= 0.3 is 0 Å². The number of aromatic nitrogens is 1. The Kier molecular flexibility index (Phi) is 6.83. The third-order valence-electron chi connectivity index (χ3n) is 2.53. The van der Waals surface area contributed by atoms with Gasteiger partial charge in [-0.3, -0.25) is 4.98 Å². The molecule has 2 nitrogen and oxygen atoms in total. The summed E-state index contributed by atoms with van der Waals surface area (Å²) >= 11 is 0. The maximum Gasteiger partial charge on any atom is 0.0366 e. The van der Waals surface area contributed by atoms with Crippen LogP contribution in [-0.4, -0.2) is 10.1 Å². The van der Waals surface area contributed by atoms with Crippen LogP contribution in [0.2, 0.25) is 0 Å². The molecule has 1 heterocycles. The predicted octanol–water partition coefficient (Wildman–Crippen LogP) is 3.29. The fourth-order valence-electron chi connectivity index (χ4n) is 1.60. The molecule has 104 valence electrons. The monoisotopic (exact) mass is 293 g/mol. The van der Waals surface area contributed by atoms with Crippen LogP contribution in [0.1, 0.15) is 17.4 Å². The van der Waals surface area contributed by atoms with E-state index in [-0.39, 0.29) is 17.1 Å². The van der Waals surface area contributed by atoms with Gasteiger partial charge in [-0.25, -0.2) is 12.1 Å². The van der Waals surface area contributed by atoms with Crippen molar-refractivity contribution in [2.45, 2.75) is 6.10 Å². The summed E-state index contributed by atoms with van der Waals surface area (Å²) in [4.78, 5) is 4.08. The topological polar surface area (TPSA) is 33.1 Å². The van der Waals surface area contributed by atoms with Crippen LogP contribution < -0.4 is 0 Å². The molecular weight excluding hydrogens is 278 g/mol. The van der Waals surface area contributed by atoms with Crippen LogP contribution in [0.3, 0.4) is 0 Å². The summed E-state index contributed by atoms with van der Waals surface area (Å²) in [6, 6.07) is 23.1. The van der Waals surface area contributed by atoms with Crippen LogP contribution in [0, 0.1) is 0 Å². The molecule has 0 aliphatic rings. The van der Waals surface area contributed by atoms with Gasteiger partial charge in [-0.05, 0) is 12.1 Å². The molecule has 0 amide bonds. The molecule has 1 atom stereocenters. The van der Waals surface area contributed by atoms with Crippen molar-refractivity contribution in [1.29, 1.82) is 0 Å². The summed E-state index contributed by atoms with van der Waals surface area (Å²) in [5.74, 6) is 0. The molecule has 0 saturated carbocycles. The summed E-state index contributed by atoms with van der Waals surface area (Å²) in [5.41, 5.74) is 1.58. The van der Waals surface area contributed by atoms with Crippen LogP contribution in [0.5, 0.6) is 0 Å². The van der Waals surface area contributed by atoms with E-state index in [9.17, 15) is 5.11 Å². The summed E-state index contributed by atoms with van der Waals surface area (Å²) in [6.45, 7) is 0. The Morgan fingerprint density at radius 1 is 1.05 bits per heavy atom.